The minimum absolute atomic E-state index is 0.0914. The second kappa shape index (κ2) is 8.04. The van der Waals surface area contributed by atoms with E-state index in [1.165, 1.54) is 18.5 Å². The number of hydrogen-bond donors (Lipinski definition) is 0. The Balaban J connectivity index is 1.50. The molecule has 10 heteroatoms. The zero-order valence-corrected chi connectivity index (χ0v) is 16.5. The largest absolute Gasteiger partial charge is 0.354 e. The van der Waals surface area contributed by atoms with Crippen LogP contribution in [0.1, 0.15) is 0 Å². The van der Waals surface area contributed by atoms with Crippen LogP contribution in [0.5, 0.6) is 0 Å². The molecule has 6 nitrogen and oxygen atoms in total. The minimum Gasteiger partial charge on any atom is -0.354 e. The molecule has 0 saturated carbocycles. The van der Waals surface area contributed by atoms with Crippen LogP contribution >= 0.6 is 0 Å². The van der Waals surface area contributed by atoms with Gasteiger partial charge < -0.3 is 4.90 Å². The van der Waals surface area contributed by atoms with Crippen LogP contribution < -0.4 is 4.90 Å². The van der Waals surface area contributed by atoms with Gasteiger partial charge in [-0.1, -0.05) is 0 Å². The summed E-state index contributed by atoms with van der Waals surface area (Å²) in [5, 5.41) is 0. The average Bonchev–Trinajstić information content (AvgIpc) is 2.76. The van der Waals surface area contributed by atoms with Gasteiger partial charge in [0.1, 0.15) is 34.5 Å². The van der Waals surface area contributed by atoms with Gasteiger partial charge in [0.05, 0.1) is 5.69 Å². The van der Waals surface area contributed by atoms with Crippen LogP contribution in [0.3, 0.4) is 0 Å². The van der Waals surface area contributed by atoms with Crippen molar-refractivity contribution in [2.24, 2.45) is 0 Å². The molecule has 0 aliphatic carbocycles. The Labute approximate surface area is 171 Å². The predicted molar refractivity (Wildman–Crippen MR) is 105 cm³/mol. The molecule has 2 heterocycles. The van der Waals surface area contributed by atoms with Crippen LogP contribution in [0.4, 0.5) is 19.0 Å². The summed E-state index contributed by atoms with van der Waals surface area (Å²) in [5.41, 5.74) is 1.33. The van der Waals surface area contributed by atoms with Gasteiger partial charge in [-0.2, -0.15) is 4.31 Å². The zero-order chi connectivity index (χ0) is 21.3. The highest BCUT2D eigenvalue weighted by Crippen LogP contribution is 2.25. The van der Waals surface area contributed by atoms with Crippen molar-refractivity contribution in [1.29, 1.82) is 0 Å². The molecule has 0 radical (unpaired) electrons. The summed E-state index contributed by atoms with van der Waals surface area (Å²) < 4.78 is 67.1. The van der Waals surface area contributed by atoms with Gasteiger partial charge in [-0.3, -0.25) is 0 Å². The Morgan fingerprint density at radius 2 is 1.47 bits per heavy atom. The number of rotatable bonds is 4. The molecule has 2 aromatic carbocycles. The number of halogens is 3. The molecule has 1 saturated heterocycles. The molecule has 0 bridgehead atoms. The smallest absolute Gasteiger partial charge is 0.246 e. The number of benzene rings is 2. The molecule has 4 rings (SSSR count). The lowest BCUT2D eigenvalue weighted by molar-refractivity contribution is 0.381. The zero-order valence-electron chi connectivity index (χ0n) is 15.7. The van der Waals surface area contributed by atoms with Gasteiger partial charge in [0.2, 0.25) is 10.0 Å². The monoisotopic (exact) mass is 434 g/mol. The van der Waals surface area contributed by atoms with E-state index in [0.717, 1.165) is 22.0 Å². The number of hydrogen-bond acceptors (Lipinski definition) is 5. The fourth-order valence-corrected chi connectivity index (χ4v) is 4.77. The van der Waals surface area contributed by atoms with Gasteiger partial charge in [0.15, 0.2) is 0 Å². The molecule has 1 fully saturated rings. The van der Waals surface area contributed by atoms with E-state index in [4.69, 9.17) is 0 Å². The molecule has 0 spiro atoms. The summed E-state index contributed by atoms with van der Waals surface area (Å²) in [6.45, 7) is 0.814. The van der Waals surface area contributed by atoms with Gasteiger partial charge in [0.25, 0.3) is 0 Å². The SMILES string of the molecule is O=S(=O)(c1cc(F)ccc1F)N1CCN(c2cc(-c3ccc(F)cc3)ncn2)CC1. The summed E-state index contributed by atoms with van der Waals surface area (Å²) >= 11 is 0. The maximum absolute atomic E-state index is 14.0. The van der Waals surface area contributed by atoms with E-state index in [1.807, 2.05) is 4.90 Å². The molecule has 0 unspecified atom stereocenters. The third kappa shape index (κ3) is 4.01. The number of aromatic nitrogens is 2. The lowest BCUT2D eigenvalue weighted by Gasteiger charge is -2.34. The van der Waals surface area contributed by atoms with Crippen LogP contribution in [0, 0.1) is 17.5 Å². The Morgan fingerprint density at radius 3 is 2.17 bits per heavy atom. The van der Waals surface area contributed by atoms with Crippen molar-refractivity contribution >= 4 is 15.8 Å². The average molecular weight is 434 g/mol. The van der Waals surface area contributed by atoms with Gasteiger partial charge in [0, 0.05) is 37.8 Å². The van der Waals surface area contributed by atoms with Crippen LogP contribution in [-0.2, 0) is 10.0 Å². The summed E-state index contributed by atoms with van der Waals surface area (Å²) in [7, 11) is -4.15. The maximum Gasteiger partial charge on any atom is 0.246 e. The molecule has 30 heavy (non-hydrogen) atoms. The van der Waals surface area contributed by atoms with Gasteiger partial charge in [-0.05, 0) is 42.5 Å². The highest BCUT2D eigenvalue weighted by molar-refractivity contribution is 7.89. The van der Waals surface area contributed by atoms with Crippen LogP contribution in [0.25, 0.3) is 11.3 Å². The van der Waals surface area contributed by atoms with Crippen molar-refractivity contribution < 1.29 is 21.6 Å². The quantitative estimate of drug-likeness (QED) is 0.632. The first-order valence-electron chi connectivity index (χ1n) is 9.13. The van der Waals surface area contributed by atoms with E-state index >= 15 is 0 Å². The summed E-state index contributed by atoms with van der Waals surface area (Å²) in [5.74, 6) is -1.56. The van der Waals surface area contributed by atoms with E-state index in [1.54, 1.807) is 18.2 Å². The Hall–Kier alpha value is -2.98. The van der Waals surface area contributed by atoms with Gasteiger partial charge in [-0.25, -0.2) is 31.6 Å². The molecular formula is C20H17F3N4O2S. The number of nitrogens with zero attached hydrogens (tertiary/aromatic N) is 4. The van der Waals surface area contributed by atoms with Gasteiger partial charge in [-0.15, -0.1) is 0 Å². The standard InChI is InChI=1S/C20H17F3N4O2S/c21-15-3-1-14(2-4-15)18-12-20(25-13-24-18)26-7-9-27(10-8-26)30(28,29)19-11-16(22)5-6-17(19)23/h1-6,11-13H,7-10H2. The summed E-state index contributed by atoms with van der Waals surface area (Å²) in [6, 6.07) is 10.0. The van der Waals surface area contributed by atoms with Crippen LogP contribution in [-0.4, -0.2) is 48.9 Å². The molecule has 1 aliphatic rings. The van der Waals surface area contributed by atoms with E-state index in [2.05, 4.69) is 9.97 Å². The van der Waals surface area contributed by atoms with Crippen LogP contribution in [0.15, 0.2) is 59.8 Å². The summed E-state index contributed by atoms with van der Waals surface area (Å²) in [6.07, 6.45) is 1.39. The van der Waals surface area contributed by atoms with E-state index < -0.39 is 26.6 Å². The number of sulfonamides is 1. The van der Waals surface area contributed by atoms with Crippen molar-refractivity contribution in [3.05, 3.63) is 72.3 Å². The van der Waals surface area contributed by atoms with Crippen molar-refractivity contribution in [3.8, 4) is 11.3 Å². The molecule has 1 aliphatic heterocycles. The maximum atomic E-state index is 14.0. The Kier molecular flexibility index (Phi) is 5.44. The lowest BCUT2D eigenvalue weighted by atomic mass is 10.1. The molecular weight excluding hydrogens is 417 g/mol. The second-order valence-electron chi connectivity index (χ2n) is 6.73. The molecule has 0 N–H and O–H groups in total. The first-order valence-corrected chi connectivity index (χ1v) is 10.6. The van der Waals surface area contributed by atoms with Crippen LogP contribution in [0.2, 0.25) is 0 Å². The van der Waals surface area contributed by atoms with E-state index in [-0.39, 0.29) is 18.9 Å². The third-order valence-electron chi connectivity index (χ3n) is 4.87. The molecule has 0 atom stereocenters. The molecule has 1 aromatic heterocycles. The fraction of sp³-hybridized carbons (Fsp3) is 0.200. The topological polar surface area (TPSA) is 66.4 Å². The Bertz CT molecular complexity index is 1160. The molecule has 3 aromatic rings. The first kappa shape index (κ1) is 20.3. The Morgan fingerprint density at radius 1 is 0.800 bits per heavy atom. The normalized spacial score (nSPS) is 15.4. The van der Waals surface area contributed by atoms with E-state index in [9.17, 15) is 21.6 Å². The highest BCUT2D eigenvalue weighted by Gasteiger charge is 2.31. The van der Waals surface area contributed by atoms with E-state index in [0.29, 0.717) is 30.7 Å². The van der Waals surface area contributed by atoms with Crippen molar-refractivity contribution in [1.82, 2.24) is 14.3 Å². The second-order valence-corrected chi connectivity index (χ2v) is 8.64. The third-order valence-corrected chi connectivity index (χ3v) is 6.78. The highest BCUT2D eigenvalue weighted by atomic mass is 32.2. The number of piperazine rings is 1. The fourth-order valence-electron chi connectivity index (χ4n) is 3.27. The van der Waals surface area contributed by atoms with Gasteiger partial charge >= 0.3 is 0 Å². The van der Waals surface area contributed by atoms with Crippen molar-refractivity contribution in [2.75, 3.05) is 31.1 Å². The number of anilines is 1. The van der Waals surface area contributed by atoms with Crippen molar-refractivity contribution in [2.45, 2.75) is 4.90 Å². The van der Waals surface area contributed by atoms with Crippen molar-refractivity contribution in [3.63, 3.8) is 0 Å². The predicted octanol–water partition coefficient (Wildman–Crippen LogP) is 3.07. The lowest BCUT2D eigenvalue weighted by Crippen LogP contribution is -2.49. The summed E-state index contributed by atoms with van der Waals surface area (Å²) in [4.78, 5) is 9.65. The molecule has 0 amide bonds. The molecule has 156 valence electrons. The minimum atomic E-state index is -4.15. The first-order chi connectivity index (χ1) is 14.3.